The fourth-order valence-corrected chi connectivity index (χ4v) is 1.80. The lowest BCUT2D eigenvalue weighted by Gasteiger charge is -2.08. The van der Waals surface area contributed by atoms with E-state index in [2.05, 4.69) is 37.8 Å². The Balaban J connectivity index is 2.62. The Hall–Kier alpha value is -1.42. The van der Waals surface area contributed by atoms with Gasteiger partial charge in [0.2, 0.25) is 0 Å². The van der Waals surface area contributed by atoms with E-state index in [-0.39, 0.29) is 0 Å². The van der Waals surface area contributed by atoms with E-state index in [1.165, 1.54) is 11.1 Å². The normalized spacial score (nSPS) is 9.59. The number of benzene rings is 1. The van der Waals surface area contributed by atoms with Crippen LogP contribution in [0.25, 0.3) is 0 Å². The average molecular weight is 230 g/mol. The molecule has 0 aromatic heterocycles. The first-order valence-electron chi connectivity index (χ1n) is 6.43. The number of hydrogen-bond donors (Lipinski definition) is 0. The van der Waals surface area contributed by atoms with Crippen molar-refractivity contribution in [3.8, 4) is 17.6 Å². The van der Waals surface area contributed by atoms with Crippen molar-refractivity contribution in [2.75, 3.05) is 7.11 Å². The quantitative estimate of drug-likeness (QED) is 0.695. The van der Waals surface area contributed by atoms with Crippen molar-refractivity contribution in [1.82, 2.24) is 0 Å². The summed E-state index contributed by atoms with van der Waals surface area (Å²) in [7, 11) is 1.71. The molecular weight excluding hydrogens is 208 g/mol. The lowest BCUT2D eigenvalue weighted by Crippen LogP contribution is -1.94. The van der Waals surface area contributed by atoms with Crippen molar-refractivity contribution < 1.29 is 4.74 Å². The number of hydrogen-bond acceptors (Lipinski definition) is 1. The molecule has 0 saturated carbocycles. The summed E-state index contributed by atoms with van der Waals surface area (Å²) in [5.74, 6) is 7.37. The van der Waals surface area contributed by atoms with Crippen molar-refractivity contribution in [2.45, 2.75) is 46.0 Å². The molecule has 0 amide bonds. The van der Waals surface area contributed by atoms with Crippen LogP contribution in [-0.2, 0) is 12.8 Å². The lowest BCUT2D eigenvalue weighted by molar-refractivity contribution is 0.414. The van der Waals surface area contributed by atoms with Gasteiger partial charge in [-0.2, -0.15) is 0 Å². The fourth-order valence-electron chi connectivity index (χ4n) is 1.80. The van der Waals surface area contributed by atoms with Crippen molar-refractivity contribution in [3.63, 3.8) is 0 Å². The van der Waals surface area contributed by atoms with Crippen LogP contribution in [0.1, 0.15) is 44.2 Å². The van der Waals surface area contributed by atoms with Gasteiger partial charge in [0, 0.05) is 12.8 Å². The molecule has 0 aliphatic carbocycles. The van der Waals surface area contributed by atoms with E-state index in [9.17, 15) is 0 Å². The Morgan fingerprint density at radius 2 is 1.82 bits per heavy atom. The summed E-state index contributed by atoms with van der Waals surface area (Å²) in [6.07, 6.45) is 5.22. The summed E-state index contributed by atoms with van der Waals surface area (Å²) >= 11 is 0. The second-order valence-electron chi connectivity index (χ2n) is 4.09. The lowest BCUT2D eigenvalue weighted by atomic mass is 10.0. The van der Waals surface area contributed by atoms with Crippen LogP contribution in [0.4, 0.5) is 0 Å². The molecule has 0 radical (unpaired) electrons. The highest BCUT2D eigenvalue weighted by atomic mass is 16.5. The van der Waals surface area contributed by atoms with Gasteiger partial charge in [-0.1, -0.05) is 19.9 Å². The van der Waals surface area contributed by atoms with E-state index in [0.29, 0.717) is 0 Å². The van der Waals surface area contributed by atoms with E-state index in [1.807, 2.05) is 6.07 Å². The third-order valence-electron chi connectivity index (χ3n) is 2.81. The molecule has 0 aliphatic rings. The van der Waals surface area contributed by atoms with E-state index >= 15 is 0 Å². The van der Waals surface area contributed by atoms with Crippen LogP contribution in [-0.4, -0.2) is 7.11 Å². The largest absolute Gasteiger partial charge is 0.497 e. The molecule has 1 heteroatoms. The topological polar surface area (TPSA) is 9.23 Å². The third kappa shape index (κ3) is 4.53. The van der Waals surface area contributed by atoms with Gasteiger partial charge in [0.15, 0.2) is 0 Å². The Labute approximate surface area is 105 Å². The number of rotatable bonds is 5. The summed E-state index contributed by atoms with van der Waals surface area (Å²) in [4.78, 5) is 0. The Morgan fingerprint density at radius 3 is 2.47 bits per heavy atom. The summed E-state index contributed by atoms with van der Waals surface area (Å²) in [6.45, 7) is 4.34. The van der Waals surface area contributed by atoms with Gasteiger partial charge in [0.25, 0.3) is 0 Å². The Kier molecular flexibility index (Phi) is 6.25. The standard InChI is InChI=1S/C16H22O/c1-4-6-7-8-9-10-15-11-12-16(17-3)13-14(15)5-2/h11-13H,4-6,9-10H2,1-3H3. The molecule has 0 fully saturated rings. The predicted octanol–water partition coefficient (Wildman–Crippen LogP) is 3.99. The van der Waals surface area contributed by atoms with Crippen LogP contribution in [0.5, 0.6) is 5.75 Å². The van der Waals surface area contributed by atoms with Crippen LogP contribution in [0.3, 0.4) is 0 Å². The second-order valence-corrected chi connectivity index (χ2v) is 4.09. The molecule has 0 N–H and O–H groups in total. The van der Waals surface area contributed by atoms with Gasteiger partial charge in [-0.3, -0.25) is 0 Å². The van der Waals surface area contributed by atoms with Crippen LogP contribution < -0.4 is 4.74 Å². The zero-order valence-corrected chi connectivity index (χ0v) is 11.2. The molecule has 92 valence electrons. The van der Waals surface area contributed by atoms with Gasteiger partial charge in [0.1, 0.15) is 5.75 Å². The third-order valence-corrected chi connectivity index (χ3v) is 2.81. The van der Waals surface area contributed by atoms with E-state index in [4.69, 9.17) is 4.74 Å². The van der Waals surface area contributed by atoms with Crippen LogP contribution >= 0.6 is 0 Å². The molecule has 0 spiro atoms. The smallest absolute Gasteiger partial charge is 0.119 e. The molecule has 1 rings (SSSR count). The van der Waals surface area contributed by atoms with E-state index < -0.39 is 0 Å². The average Bonchev–Trinajstić information content (AvgIpc) is 2.38. The monoisotopic (exact) mass is 230 g/mol. The summed E-state index contributed by atoms with van der Waals surface area (Å²) in [5, 5.41) is 0. The fraction of sp³-hybridized carbons (Fsp3) is 0.500. The van der Waals surface area contributed by atoms with E-state index in [1.54, 1.807) is 7.11 Å². The molecule has 0 heterocycles. The minimum atomic E-state index is 0.947. The minimum Gasteiger partial charge on any atom is -0.497 e. The summed E-state index contributed by atoms with van der Waals surface area (Å²) in [6, 6.07) is 6.34. The van der Waals surface area contributed by atoms with Crippen LogP contribution in [0.15, 0.2) is 18.2 Å². The van der Waals surface area contributed by atoms with Gasteiger partial charge < -0.3 is 4.74 Å². The maximum atomic E-state index is 5.24. The second kappa shape index (κ2) is 7.79. The SMILES string of the molecule is CCCC#CCCc1ccc(OC)cc1CC. The highest BCUT2D eigenvalue weighted by Crippen LogP contribution is 2.19. The van der Waals surface area contributed by atoms with Gasteiger partial charge in [-0.05, 0) is 42.5 Å². The number of aryl methyl sites for hydroxylation is 2. The number of unbranched alkanes of at least 4 members (excludes halogenated alkanes) is 1. The first kappa shape index (κ1) is 13.6. The minimum absolute atomic E-state index is 0.947. The van der Waals surface area contributed by atoms with Crippen LogP contribution in [0.2, 0.25) is 0 Å². The summed E-state index contributed by atoms with van der Waals surface area (Å²) in [5.41, 5.74) is 2.78. The van der Waals surface area contributed by atoms with Crippen LogP contribution in [0, 0.1) is 11.8 Å². The van der Waals surface area contributed by atoms with Gasteiger partial charge in [0.05, 0.1) is 7.11 Å². The van der Waals surface area contributed by atoms with E-state index in [0.717, 1.165) is 37.9 Å². The maximum absolute atomic E-state index is 5.24. The van der Waals surface area contributed by atoms with Gasteiger partial charge >= 0.3 is 0 Å². The first-order valence-corrected chi connectivity index (χ1v) is 6.43. The van der Waals surface area contributed by atoms with Gasteiger partial charge in [-0.25, -0.2) is 0 Å². The molecule has 0 unspecified atom stereocenters. The number of ether oxygens (including phenoxy) is 1. The molecular formula is C16H22O. The van der Waals surface area contributed by atoms with Gasteiger partial charge in [-0.15, -0.1) is 11.8 Å². The predicted molar refractivity (Wildman–Crippen MR) is 73.4 cm³/mol. The van der Waals surface area contributed by atoms with Crippen molar-refractivity contribution >= 4 is 0 Å². The Morgan fingerprint density at radius 1 is 1.06 bits per heavy atom. The zero-order chi connectivity index (χ0) is 12.5. The molecule has 1 nitrogen and oxygen atoms in total. The molecule has 0 aliphatic heterocycles. The summed E-state index contributed by atoms with van der Waals surface area (Å²) < 4.78 is 5.24. The van der Waals surface area contributed by atoms with Crippen molar-refractivity contribution in [2.24, 2.45) is 0 Å². The Bertz CT molecular complexity index is 396. The zero-order valence-electron chi connectivity index (χ0n) is 11.2. The van der Waals surface area contributed by atoms with Crippen molar-refractivity contribution in [3.05, 3.63) is 29.3 Å². The highest BCUT2D eigenvalue weighted by Gasteiger charge is 2.01. The number of methoxy groups -OCH3 is 1. The molecule has 0 saturated heterocycles. The molecule has 1 aromatic carbocycles. The maximum Gasteiger partial charge on any atom is 0.119 e. The van der Waals surface area contributed by atoms with Crippen molar-refractivity contribution in [1.29, 1.82) is 0 Å². The molecule has 0 atom stereocenters. The molecule has 1 aromatic rings. The molecule has 17 heavy (non-hydrogen) atoms. The first-order chi connectivity index (χ1) is 8.31. The highest BCUT2D eigenvalue weighted by molar-refractivity contribution is 5.36. The molecule has 0 bridgehead atoms.